The summed E-state index contributed by atoms with van der Waals surface area (Å²) in [6.07, 6.45) is 0. The number of aromatic nitrogens is 4. The van der Waals surface area contributed by atoms with E-state index < -0.39 is 0 Å². The van der Waals surface area contributed by atoms with Gasteiger partial charge in [-0.1, -0.05) is 42.0 Å². The molecule has 0 N–H and O–H groups in total. The maximum absolute atomic E-state index is 4.19. The van der Waals surface area contributed by atoms with Crippen molar-refractivity contribution in [2.45, 2.75) is 19.9 Å². The van der Waals surface area contributed by atoms with Crippen LogP contribution in [-0.2, 0) is 0 Å². The van der Waals surface area contributed by atoms with Crippen LogP contribution in [0.3, 0.4) is 0 Å². The number of hydrogen-bond acceptors (Lipinski definition) is 4. The van der Waals surface area contributed by atoms with Crippen LogP contribution in [-0.4, -0.2) is 39.2 Å². The van der Waals surface area contributed by atoms with E-state index in [9.17, 15) is 0 Å². The lowest BCUT2D eigenvalue weighted by Crippen LogP contribution is -2.20. The van der Waals surface area contributed by atoms with Crippen LogP contribution in [0.15, 0.2) is 48.5 Å². The molecule has 0 saturated carbocycles. The first-order chi connectivity index (χ1) is 11.1. The molecule has 0 saturated heterocycles. The van der Waals surface area contributed by atoms with E-state index in [0.29, 0.717) is 0 Å². The second-order valence-corrected chi connectivity index (χ2v) is 6.00. The molecule has 1 atom stereocenters. The number of tetrazole rings is 1. The van der Waals surface area contributed by atoms with Crippen molar-refractivity contribution >= 4 is 0 Å². The lowest BCUT2D eigenvalue weighted by atomic mass is 10.0. The fourth-order valence-corrected chi connectivity index (χ4v) is 2.43. The Morgan fingerprint density at radius 2 is 1.74 bits per heavy atom. The summed E-state index contributed by atoms with van der Waals surface area (Å²) in [5.41, 5.74) is 4.57. The summed E-state index contributed by atoms with van der Waals surface area (Å²) in [5.74, 6) is 0.830. The summed E-state index contributed by atoms with van der Waals surface area (Å²) < 4.78 is 1.81. The Bertz CT molecular complexity index is 789. The van der Waals surface area contributed by atoms with E-state index in [2.05, 4.69) is 70.7 Å². The summed E-state index contributed by atoms with van der Waals surface area (Å²) >= 11 is 0. The first-order valence-corrected chi connectivity index (χ1v) is 7.68. The third kappa shape index (κ3) is 3.14. The summed E-state index contributed by atoms with van der Waals surface area (Å²) in [6, 6.07) is 16.9. The minimum atomic E-state index is 0.132. The molecule has 1 aromatic heterocycles. The molecule has 3 rings (SSSR count). The molecular weight excluding hydrogens is 286 g/mol. The Hall–Kier alpha value is -2.53. The number of hydrogen-bond donors (Lipinski definition) is 0. The van der Waals surface area contributed by atoms with Gasteiger partial charge in [-0.2, -0.15) is 4.68 Å². The number of nitrogens with zero attached hydrogens (tertiary/aromatic N) is 5. The van der Waals surface area contributed by atoms with Crippen molar-refractivity contribution in [1.29, 1.82) is 0 Å². The van der Waals surface area contributed by atoms with Crippen molar-refractivity contribution in [2.75, 3.05) is 14.1 Å². The molecule has 0 aliphatic heterocycles. The van der Waals surface area contributed by atoms with Crippen LogP contribution in [0.1, 0.15) is 24.4 Å². The fourth-order valence-electron chi connectivity index (χ4n) is 2.43. The van der Waals surface area contributed by atoms with Gasteiger partial charge in [0.15, 0.2) is 5.82 Å². The van der Waals surface area contributed by atoms with Gasteiger partial charge in [-0.3, -0.25) is 4.90 Å². The van der Waals surface area contributed by atoms with E-state index in [1.165, 1.54) is 11.1 Å². The van der Waals surface area contributed by atoms with Gasteiger partial charge in [-0.15, -0.1) is 5.10 Å². The number of benzene rings is 2. The van der Waals surface area contributed by atoms with E-state index in [4.69, 9.17) is 0 Å². The molecule has 23 heavy (non-hydrogen) atoms. The Labute approximate surface area is 136 Å². The van der Waals surface area contributed by atoms with Gasteiger partial charge in [0.25, 0.3) is 0 Å². The zero-order valence-electron chi connectivity index (χ0n) is 13.9. The van der Waals surface area contributed by atoms with Crippen molar-refractivity contribution in [3.05, 3.63) is 59.9 Å². The predicted octanol–water partition coefficient (Wildman–Crippen LogP) is 3.26. The molecule has 0 amide bonds. The highest BCUT2D eigenvalue weighted by atomic mass is 15.5. The van der Waals surface area contributed by atoms with Crippen LogP contribution in [0.2, 0.25) is 0 Å². The van der Waals surface area contributed by atoms with Gasteiger partial charge in [-0.25, -0.2) is 0 Å². The van der Waals surface area contributed by atoms with E-state index >= 15 is 0 Å². The lowest BCUT2D eigenvalue weighted by Gasteiger charge is -2.18. The average molecular weight is 307 g/mol. The smallest absolute Gasteiger partial charge is 0.173 e. The second-order valence-electron chi connectivity index (χ2n) is 6.00. The Kier molecular flexibility index (Phi) is 4.21. The monoisotopic (exact) mass is 307 g/mol. The molecule has 3 aromatic rings. The zero-order chi connectivity index (χ0) is 16.4. The summed E-state index contributed by atoms with van der Waals surface area (Å²) in [5, 5.41) is 12.2. The van der Waals surface area contributed by atoms with E-state index in [1.807, 2.05) is 30.9 Å². The van der Waals surface area contributed by atoms with Gasteiger partial charge in [0, 0.05) is 0 Å². The SMILES string of the molecule is Cc1ccc(-c2cccc(-n3nnnc3C(C)N(C)C)c2)cc1. The molecule has 2 aromatic carbocycles. The summed E-state index contributed by atoms with van der Waals surface area (Å²) in [6.45, 7) is 4.18. The van der Waals surface area contributed by atoms with Gasteiger partial charge in [0.2, 0.25) is 0 Å². The van der Waals surface area contributed by atoms with Gasteiger partial charge in [0.05, 0.1) is 11.7 Å². The normalized spacial score (nSPS) is 12.6. The van der Waals surface area contributed by atoms with E-state index in [-0.39, 0.29) is 6.04 Å². The van der Waals surface area contributed by atoms with Crippen molar-refractivity contribution in [1.82, 2.24) is 25.1 Å². The highest BCUT2D eigenvalue weighted by molar-refractivity contribution is 5.66. The maximum atomic E-state index is 4.19. The molecule has 0 aliphatic carbocycles. The molecule has 1 heterocycles. The highest BCUT2D eigenvalue weighted by Gasteiger charge is 2.17. The Morgan fingerprint density at radius 3 is 2.43 bits per heavy atom. The van der Waals surface area contributed by atoms with Gasteiger partial charge >= 0.3 is 0 Å². The third-order valence-corrected chi connectivity index (χ3v) is 4.12. The van der Waals surface area contributed by atoms with Crippen LogP contribution < -0.4 is 0 Å². The average Bonchev–Trinajstić information content (AvgIpc) is 3.04. The second kappa shape index (κ2) is 6.30. The molecule has 0 radical (unpaired) electrons. The molecule has 0 fully saturated rings. The molecule has 5 nitrogen and oxygen atoms in total. The summed E-state index contributed by atoms with van der Waals surface area (Å²) in [7, 11) is 4.04. The largest absolute Gasteiger partial charge is 0.300 e. The third-order valence-electron chi connectivity index (χ3n) is 4.12. The molecule has 0 spiro atoms. The Morgan fingerprint density at radius 1 is 1.00 bits per heavy atom. The standard InChI is InChI=1S/C18H21N5/c1-13-8-10-15(11-9-13)16-6-5-7-17(12-16)23-18(19-20-21-23)14(2)22(3)4/h5-12,14H,1-4H3. The highest BCUT2D eigenvalue weighted by Crippen LogP contribution is 2.24. The van der Waals surface area contributed by atoms with Crippen molar-refractivity contribution in [3.63, 3.8) is 0 Å². The maximum Gasteiger partial charge on any atom is 0.173 e. The predicted molar refractivity (Wildman–Crippen MR) is 91.4 cm³/mol. The number of rotatable bonds is 4. The lowest BCUT2D eigenvalue weighted by molar-refractivity contribution is 0.304. The van der Waals surface area contributed by atoms with E-state index in [1.54, 1.807) is 0 Å². The first kappa shape index (κ1) is 15.4. The first-order valence-electron chi connectivity index (χ1n) is 7.68. The van der Waals surface area contributed by atoms with E-state index in [0.717, 1.165) is 17.1 Å². The van der Waals surface area contributed by atoms with Crippen molar-refractivity contribution in [2.24, 2.45) is 0 Å². The molecule has 0 bridgehead atoms. The van der Waals surface area contributed by atoms with Crippen LogP contribution in [0, 0.1) is 6.92 Å². The van der Waals surface area contributed by atoms with Gasteiger partial charge in [-0.05, 0) is 61.6 Å². The van der Waals surface area contributed by atoms with Crippen LogP contribution in [0.5, 0.6) is 0 Å². The zero-order valence-corrected chi connectivity index (χ0v) is 13.9. The molecule has 1 unspecified atom stereocenters. The number of aryl methyl sites for hydroxylation is 1. The minimum Gasteiger partial charge on any atom is -0.300 e. The van der Waals surface area contributed by atoms with Gasteiger partial charge < -0.3 is 0 Å². The fraction of sp³-hybridized carbons (Fsp3) is 0.278. The van der Waals surface area contributed by atoms with Crippen LogP contribution >= 0.6 is 0 Å². The molecule has 118 valence electrons. The summed E-state index contributed by atoms with van der Waals surface area (Å²) in [4.78, 5) is 2.09. The minimum absolute atomic E-state index is 0.132. The topological polar surface area (TPSA) is 46.8 Å². The van der Waals surface area contributed by atoms with Crippen LogP contribution in [0.25, 0.3) is 16.8 Å². The van der Waals surface area contributed by atoms with Crippen LogP contribution in [0.4, 0.5) is 0 Å². The van der Waals surface area contributed by atoms with Gasteiger partial charge in [0.1, 0.15) is 0 Å². The molecule has 5 heteroatoms. The van der Waals surface area contributed by atoms with Crippen molar-refractivity contribution in [3.8, 4) is 16.8 Å². The quantitative estimate of drug-likeness (QED) is 0.742. The molecule has 0 aliphatic rings. The van der Waals surface area contributed by atoms with Crippen molar-refractivity contribution < 1.29 is 0 Å². The Balaban J connectivity index is 2.01. The molecular formula is C18H21N5.